The molecule has 0 saturated heterocycles. The van der Waals surface area contributed by atoms with Gasteiger partial charge in [-0.3, -0.25) is 0 Å². The molecule has 0 spiro atoms. The van der Waals surface area contributed by atoms with Gasteiger partial charge in [-0.05, 0) is 84.9 Å². The molecule has 0 bridgehead atoms. The van der Waals surface area contributed by atoms with Gasteiger partial charge in [0.25, 0.3) is 0 Å². The molecule has 0 atom stereocenters. The van der Waals surface area contributed by atoms with Crippen molar-refractivity contribution >= 4 is 87.5 Å². The molecule has 0 fully saturated rings. The van der Waals surface area contributed by atoms with Crippen LogP contribution in [0.3, 0.4) is 0 Å². The second-order valence-corrected chi connectivity index (χ2v) is 15.1. The number of hydrogen-bond donors (Lipinski definition) is 0. The van der Waals surface area contributed by atoms with Crippen molar-refractivity contribution in [1.82, 2.24) is 14.1 Å². The van der Waals surface area contributed by atoms with Crippen LogP contribution in [0.2, 0.25) is 0 Å². The molecule has 270 valence electrons. The van der Waals surface area contributed by atoms with Crippen LogP contribution in [0.25, 0.3) is 121 Å². The molecule has 8 aromatic carbocycles. The first kappa shape index (κ1) is 31.3. The number of fused-ring (bicyclic) bond motifs is 14. The molecule has 0 amide bonds. The smallest absolute Gasteiger partial charge is 0.145 e. The summed E-state index contributed by atoms with van der Waals surface area (Å²) in [4.78, 5) is 5.17. The molecule has 5 heterocycles. The lowest BCUT2D eigenvalue weighted by Crippen LogP contribution is -1.95. The molecule has 0 unspecified atom stereocenters. The van der Waals surface area contributed by atoms with Crippen LogP contribution < -0.4 is 0 Å². The number of hydrogen-bond acceptors (Lipinski definition) is 3. The highest BCUT2D eigenvalue weighted by Crippen LogP contribution is 2.42. The minimum Gasteiger partial charge on any atom is -0.455 e. The van der Waals surface area contributed by atoms with Gasteiger partial charge >= 0.3 is 0 Å². The minimum atomic E-state index is 0.907. The Labute approximate surface area is 331 Å². The largest absolute Gasteiger partial charge is 0.455 e. The van der Waals surface area contributed by atoms with E-state index in [0.717, 1.165) is 111 Å². The van der Waals surface area contributed by atoms with Crippen molar-refractivity contribution in [2.45, 2.75) is 0 Å². The number of pyridine rings is 1. The topological polar surface area (TPSA) is 49.0 Å². The van der Waals surface area contributed by atoms with Gasteiger partial charge in [0, 0.05) is 54.8 Å². The van der Waals surface area contributed by atoms with E-state index in [1.54, 1.807) is 0 Å². The highest BCUT2D eigenvalue weighted by Gasteiger charge is 2.20. The van der Waals surface area contributed by atoms with E-state index in [1.165, 1.54) is 10.8 Å². The van der Waals surface area contributed by atoms with Gasteiger partial charge in [-0.2, -0.15) is 0 Å². The maximum atomic E-state index is 6.50. The fraction of sp³-hybridized carbons (Fsp3) is 0. The molecule has 5 nitrogen and oxygen atoms in total. The summed E-state index contributed by atoms with van der Waals surface area (Å²) in [5.41, 5.74) is 14.3. The summed E-state index contributed by atoms with van der Waals surface area (Å²) in [7, 11) is 0. The number of benzene rings is 8. The molecule has 0 radical (unpaired) electrons. The summed E-state index contributed by atoms with van der Waals surface area (Å²) >= 11 is 0. The minimum absolute atomic E-state index is 0.907. The number of aromatic nitrogens is 3. The van der Waals surface area contributed by atoms with E-state index in [-0.39, 0.29) is 0 Å². The van der Waals surface area contributed by atoms with Crippen LogP contribution in [0.5, 0.6) is 0 Å². The Hall–Kier alpha value is -7.89. The van der Waals surface area contributed by atoms with Crippen LogP contribution in [0.1, 0.15) is 0 Å². The fourth-order valence-corrected chi connectivity index (χ4v) is 9.34. The lowest BCUT2D eigenvalue weighted by molar-refractivity contribution is 0.672. The molecule has 13 rings (SSSR count). The Balaban J connectivity index is 0.866. The van der Waals surface area contributed by atoms with Crippen LogP contribution in [-0.4, -0.2) is 14.1 Å². The number of para-hydroxylation sites is 4. The quantitative estimate of drug-likeness (QED) is 0.180. The molecule has 0 aliphatic heterocycles. The van der Waals surface area contributed by atoms with Crippen molar-refractivity contribution in [3.05, 3.63) is 188 Å². The third-order valence-electron chi connectivity index (χ3n) is 12.0. The predicted molar refractivity (Wildman–Crippen MR) is 238 cm³/mol. The average Bonchev–Trinajstić information content (AvgIpc) is 4.04. The molecular weight excluding hydrogens is 711 g/mol. The lowest BCUT2D eigenvalue weighted by atomic mass is 10.1. The highest BCUT2D eigenvalue weighted by molar-refractivity contribution is 6.25. The highest BCUT2D eigenvalue weighted by atomic mass is 16.3. The van der Waals surface area contributed by atoms with Gasteiger partial charge in [-0.25, -0.2) is 4.98 Å². The molecular formula is C53H31N3O2. The fourth-order valence-electron chi connectivity index (χ4n) is 9.34. The maximum absolute atomic E-state index is 6.50. The predicted octanol–water partition coefficient (Wildman–Crippen LogP) is 14.4. The van der Waals surface area contributed by atoms with Crippen LogP contribution in [0.15, 0.2) is 197 Å². The van der Waals surface area contributed by atoms with Crippen molar-refractivity contribution in [2.24, 2.45) is 0 Å². The summed E-state index contributed by atoms with van der Waals surface area (Å²) in [6, 6.07) is 66.3. The van der Waals surface area contributed by atoms with E-state index in [1.807, 2.05) is 24.3 Å². The molecule has 58 heavy (non-hydrogen) atoms. The Morgan fingerprint density at radius 3 is 1.19 bits per heavy atom. The van der Waals surface area contributed by atoms with Gasteiger partial charge in [0.2, 0.25) is 0 Å². The first-order valence-corrected chi connectivity index (χ1v) is 19.6. The Kier molecular flexibility index (Phi) is 6.38. The summed E-state index contributed by atoms with van der Waals surface area (Å²) in [6.07, 6.45) is 0. The number of furan rings is 2. The number of nitrogens with zero attached hydrogens (tertiary/aromatic N) is 3. The van der Waals surface area contributed by atoms with Crippen molar-refractivity contribution in [3.63, 3.8) is 0 Å². The molecule has 5 heteroatoms. The van der Waals surface area contributed by atoms with Crippen LogP contribution in [0, 0.1) is 0 Å². The molecule has 0 N–H and O–H groups in total. The van der Waals surface area contributed by atoms with E-state index < -0.39 is 0 Å². The van der Waals surface area contributed by atoms with E-state index in [9.17, 15) is 0 Å². The third-order valence-corrected chi connectivity index (χ3v) is 12.0. The second-order valence-electron chi connectivity index (χ2n) is 15.1. The van der Waals surface area contributed by atoms with Crippen molar-refractivity contribution in [2.75, 3.05) is 0 Å². The molecule has 5 aromatic heterocycles. The summed E-state index contributed by atoms with van der Waals surface area (Å²) in [5.74, 6) is 0. The van der Waals surface area contributed by atoms with Gasteiger partial charge in [-0.15, -0.1) is 0 Å². The summed E-state index contributed by atoms with van der Waals surface area (Å²) in [5, 5.41) is 9.17. The Bertz CT molecular complexity index is 3540. The number of rotatable bonds is 4. The lowest BCUT2D eigenvalue weighted by Gasteiger charge is -2.11. The maximum Gasteiger partial charge on any atom is 0.145 e. The molecule has 0 saturated carbocycles. The summed E-state index contributed by atoms with van der Waals surface area (Å²) < 4.78 is 17.7. The van der Waals surface area contributed by atoms with Crippen LogP contribution >= 0.6 is 0 Å². The van der Waals surface area contributed by atoms with Crippen molar-refractivity contribution in [1.29, 1.82) is 0 Å². The molecule has 0 aliphatic rings. The second kappa shape index (κ2) is 11.8. The average molecular weight is 742 g/mol. The van der Waals surface area contributed by atoms with Gasteiger partial charge in [-0.1, -0.05) is 103 Å². The van der Waals surface area contributed by atoms with Crippen molar-refractivity contribution in [3.8, 4) is 33.9 Å². The Morgan fingerprint density at radius 1 is 0.310 bits per heavy atom. The standard InChI is InChI=1S/C53H31N3O2/c1-5-16-44-40(12-1)50-46(30-28-38-36-10-3-7-18-48(36)57-52(38)50)55(44)34-24-20-32(21-25-34)42-14-9-15-43(54-42)33-22-26-35(27-23-33)56-45-17-6-2-13-41(45)51-47(56)31-29-39-37-11-4-8-19-49(37)58-53(39)51/h1-31H. The van der Waals surface area contributed by atoms with Gasteiger partial charge in [0.05, 0.1) is 44.2 Å². The Morgan fingerprint density at radius 2 is 0.724 bits per heavy atom. The first-order chi connectivity index (χ1) is 28.8. The monoisotopic (exact) mass is 741 g/mol. The SMILES string of the molecule is c1cc(-c2ccc(-n3c4ccccc4c4c5oc6ccccc6c5ccc43)cc2)nc(-c2ccc(-n3c4ccccc4c4c5oc6ccccc6c5ccc43)cc2)c1. The zero-order valence-corrected chi connectivity index (χ0v) is 31.1. The normalized spacial score (nSPS) is 12.1. The summed E-state index contributed by atoms with van der Waals surface area (Å²) in [6.45, 7) is 0. The van der Waals surface area contributed by atoms with E-state index in [4.69, 9.17) is 13.8 Å². The molecule has 0 aliphatic carbocycles. The van der Waals surface area contributed by atoms with Gasteiger partial charge in [0.15, 0.2) is 0 Å². The zero-order valence-electron chi connectivity index (χ0n) is 31.1. The van der Waals surface area contributed by atoms with Gasteiger partial charge in [0.1, 0.15) is 22.3 Å². The van der Waals surface area contributed by atoms with E-state index in [0.29, 0.717) is 0 Å². The van der Waals surface area contributed by atoms with Crippen LogP contribution in [-0.2, 0) is 0 Å². The molecule has 13 aromatic rings. The van der Waals surface area contributed by atoms with Crippen LogP contribution in [0.4, 0.5) is 0 Å². The van der Waals surface area contributed by atoms with E-state index >= 15 is 0 Å². The van der Waals surface area contributed by atoms with Crippen molar-refractivity contribution < 1.29 is 8.83 Å². The van der Waals surface area contributed by atoms with Gasteiger partial charge < -0.3 is 18.0 Å². The third kappa shape index (κ3) is 4.38. The first-order valence-electron chi connectivity index (χ1n) is 19.6. The van der Waals surface area contributed by atoms with E-state index in [2.05, 4.69) is 173 Å². The zero-order chi connectivity index (χ0) is 37.9.